The van der Waals surface area contributed by atoms with Crippen LogP contribution in [0.3, 0.4) is 0 Å². The minimum absolute atomic E-state index is 0.0275. The molecule has 0 atom stereocenters. The van der Waals surface area contributed by atoms with E-state index in [2.05, 4.69) is 30.9 Å². The van der Waals surface area contributed by atoms with Gasteiger partial charge in [0.2, 0.25) is 11.7 Å². The van der Waals surface area contributed by atoms with Crippen molar-refractivity contribution in [2.75, 3.05) is 0 Å². The highest BCUT2D eigenvalue weighted by Gasteiger charge is 2.36. The molecule has 0 radical (unpaired) electrons. The topological polar surface area (TPSA) is 69.9 Å². The van der Waals surface area contributed by atoms with Crippen molar-refractivity contribution >= 4 is 32.9 Å². The lowest BCUT2D eigenvalue weighted by Crippen LogP contribution is -2.12. The average molecular weight is 401 g/mol. The number of rotatable bonds is 2. The number of halogens is 4. The fourth-order valence-electron chi connectivity index (χ4n) is 2.09. The first-order valence-corrected chi connectivity index (χ1v) is 7.28. The van der Waals surface area contributed by atoms with Gasteiger partial charge in [0.25, 0.3) is 0 Å². The summed E-state index contributed by atoms with van der Waals surface area (Å²) in [5.41, 5.74) is 0.350. The van der Waals surface area contributed by atoms with Gasteiger partial charge in [0.15, 0.2) is 0 Å². The summed E-state index contributed by atoms with van der Waals surface area (Å²) < 4.78 is 45.0. The third kappa shape index (κ3) is 3.09. The first-order chi connectivity index (χ1) is 11.3. The maximum atomic E-state index is 12.9. The van der Waals surface area contributed by atoms with Crippen molar-refractivity contribution < 1.29 is 22.7 Å². The number of aryl methyl sites for hydroxylation is 1. The lowest BCUT2D eigenvalue weighted by atomic mass is 10.2. The molecule has 0 aliphatic heterocycles. The molecule has 0 fully saturated rings. The Morgan fingerprint density at radius 1 is 1.25 bits per heavy atom. The number of esters is 1. The molecular weight excluding hydrogens is 393 g/mol. The van der Waals surface area contributed by atoms with Gasteiger partial charge in [-0.25, -0.2) is 19.7 Å². The molecule has 0 unspecified atom stereocenters. The third-order valence-electron chi connectivity index (χ3n) is 3.16. The molecule has 2 heterocycles. The Bertz CT molecular complexity index is 922. The molecule has 0 N–H and O–H groups in total. The Hall–Kier alpha value is -2.49. The van der Waals surface area contributed by atoms with E-state index in [1.807, 2.05) is 0 Å². The lowest BCUT2D eigenvalue weighted by molar-refractivity contribution is -0.146. The molecule has 0 saturated carbocycles. The van der Waals surface area contributed by atoms with Gasteiger partial charge in [-0.1, -0.05) is 0 Å². The van der Waals surface area contributed by atoms with Crippen LogP contribution in [0.1, 0.15) is 16.2 Å². The largest absolute Gasteiger partial charge is 0.449 e. The van der Waals surface area contributed by atoms with Gasteiger partial charge in [-0.15, -0.1) is 0 Å². The average Bonchev–Trinajstić information content (AvgIpc) is 2.86. The van der Waals surface area contributed by atoms with E-state index >= 15 is 0 Å². The number of ether oxygens (including phenoxy) is 1. The van der Waals surface area contributed by atoms with Crippen molar-refractivity contribution in [2.45, 2.75) is 6.18 Å². The van der Waals surface area contributed by atoms with E-state index in [0.717, 1.165) is 4.57 Å². The van der Waals surface area contributed by atoms with Crippen LogP contribution in [0.25, 0.3) is 11.0 Å². The number of imidazole rings is 1. The smallest absolute Gasteiger partial charge is 0.402 e. The van der Waals surface area contributed by atoms with Crippen molar-refractivity contribution in [3.05, 3.63) is 46.6 Å². The predicted molar refractivity (Wildman–Crippen MR) is 80.4 cm³/mol. The molecule has 3 aromatic rings. The van der Waals surface area contributed by atoms with E-state index in [0.29, 0.717) is 4.60 Å². The fraction of sp³-hybridized carbons (Fsp3) is 0.143. The summed E-state index contributed by atoms with van der Waals surface area (Å²) in [5.74, 6) is -1.84. The molecule has 2 aromatic heterocycles. The van der Waals surface area contributed by atoms with E-state index in [-0.39, 0.29) is 22.5 Å². The molecular formula is C14H8BrF3N4O2. The third-order valence-corrected chi connectivity index (χ3v) is 3.57. The molecule has 10 heteroatoms. The second-order valence-electron chi connectivity index (χ2n) is 4.76. The summed E-state index contributed by atoms with van der Waals surface area (Å²) in [6.45, 7) is 0. The van der Waals surface area contributed by atoms with Crippen LogP contribution in [-0.4, -0.2) is 25.5 Å². The Balaban J connectivity index is 1.92. The van der Waals surface area contributed by atoms with E-state index in [4.69, 9.17) is 4.74 Å². The summed E-state index contributed by atoms with van der Waals surface area (Å²) in [7, 11) is 1.26. The molecule has 0 bridgehead atoms. The maximum Gasteiger partial charge on any atom is 0.449 e. The number of carbonyl (C=O) groups excluding carboxylic acids is 1. The molecule has 0 amide bonds. The summed E-state index contributed by atoms with van der Waals surface area (Å²) >= 11 is 3.09. The Labute approximate surface area is 141 Å². The molecule has 24 heavy (non-hydrogen) atoms. The number of nitrogens with zero attached hydrogens (tertiary/aromatic N) is 4. The minimum atomic E-state index is -4.58. The van der Waals surface area contributed by atoms with Crippen molar-refractivity contribution in [3.63, 3.8) is 0 Å². The summed E-state index contributed by atoms with van der Waals surface area (Å²) in [4.78, 5) is 23.3. The number of carbonyl (C=O) groups is 1. The van der Waals surface area contributed by atoms with Crippen molar-refractivity contribution in [1.82, 2.24) is 19.5 Å². The van der Waals surface area contributed by atoms with Crippen molar-refractivity contribution in [1.29, 1.82) is 0 Å². The molecule has 3 rings (SSSR count). The highest BCUT2D eigenvalue weighted by Crippen LogP contribution is 2.31. The lowest BCUT2D eigenvalue weighted by Gasteiger charge is -2.05. The Morgan fingerprint density at radius 3 is 2.62 bits per heavy atom. The predicted octanol–water partition coefficient (Wildman–Crippen LogP) is 3.36. The van der Waals surface area contributed by atoms with Crippen LogP contribution in [0.5, 0.6) is 5.88 Å². The maximum absolute atomic E-state index is 12.9. The van der Waals surface area contributed by atoms with Gasteiger partial charge in [-0.05, 0) is 34.1 Å². The molecule has 0 saturated heterocycles. The number of hydrogen-bond acceptors (Lipinski definition) is 5. The summed E-state index contributed by atoms with van der Waals surface area (Å²) in [6, 6.07) is 3.97. The second-order valence-corrected chi connectivity index (χ2v) is 5.58. The number of aromatic nitrogens is 4. The summed E-state index contributed by atoms with van der Waals surface area (Å²) in [5, 5.41) is 0. The molecule has 0 aliphatic rings. The van der Waals surface area contributed by atoms with E-state index in [1.165, 1.54) is 37.6 Å². The SMILES string of the molecule is Cn1c(C(F)(F)F)nc2cc(C(=O)Oc3cnc(Br)cn3)ccc21. The Morgan fingerprint density at radius 2 is 2.00 bits per heavy atom. The first kappa shape index (κ1) is 16.4. The number of fused-ring (bicyclic) bond motifs is 1. The van der Waals surface area contributed by atoms with Gasteiger partial charge >= 0.3 is 12.1 Å². The molecule has 1 aromatic carbocycles. The van der Waals surface area contributed by atoms with Gasteiger partial charge in [-0.3, -0.25) is 0 Å². The van der Waals surface area contributed by atoms with Crippen LogP contribution in [0.2, 0.25) is 0 Å². The Kier molecular flexibility index (Phi) is 3.99. The minimum Gasteiger partial charge on any atom is -0.402 e. The second kappa shape index (κ2) is 5.86. The number of benzene rings is 1. The quantitative estimate of drug-likeness (QED) is 0.616. The van der Waals surface area contributed by atoms with E-state index < -0.39 is 18.0 Å². The van der Waals surface area contributed by atoms with Gasteiger partial charge in [0, 0.05) is 7.05 Å². The molecule has 6 nitrogen and oxygen atoms in total. The van der Waals surface area contributed by atoms with Crippen LogP contribution in [-0.2, 0) is 13.2 Å². The van der Waals surface area contributed by atoms with Crippen LogP contribution in [0, 0.1) is 0 Å². The standard InChI is InChI=1S/C14H8BrF3N4O2/c1-22-9-3-2-7(4-8(9)21-13(22)14(16,17)18)12(23)24-11-6-19-10(15)5-20-11/h2-6H,1H3. The zero-order chi connectivity index (χ0) is 17.5. The van der Waals surface area contributed by atoms with Crippen molar-refractivity contribution in [2.24, 2.45) is 7.05 Å². The number of alkyl halides is 3. The van der Waals surface area contributed by atoms with Crippen molar-refractivity contribution in [3.8, 4) is 5.88 Å². The van der Waals surface area contributed by atoms with Gasteiger partial charge < -0.3 is 9.30 Å². The van der Waals surface area contributed by atoms with Crippen LogP contribution in [0.15, 0.2) is 35.2 Å². The van der Waals surface area contributed by atoms with Gasteiger partial charge in [-0.2, -0.15) is 13.2 Å². The molecule has 124 valence electrons. The monoisotopic (exact) mass is 400 g/mol. The normalized spacial score (nSPS) is 11.7. The highest BCUT2D eigenvalue weighted by atomic mass is 79.9. The highest BCUT2D eigenvalue weighted by molar-refractivity contribution is 9.10. The molecule has 0 spiro atoms. The zero-order valence-electron chi connectivity index (χ0n) is 12.0. The van der Waals surface area contributed by atoms with Crippen LogP contribution >= 0.6 is 15.9 Å². The summed E-state index contributed by atoms with van der Waals surface area (Å²) in [6.07, 6.45) is -2.00. The fourth-order valence-corrected chi connectivity index (χ4v) is 2.29. The number of hydrogen-bond donors (Lipinski definition) is 0. The van der Waals surface area contributed by atoms with Gasteiger partial charge in [0.05, 0.1) is 29.0 Å². The molecule has 0 aliphatic carbocycles. The van der Waals surface area contributed by atoms with E-state index in [9.17, 15) is 18.0 Å². The zero-order valence-corrected chi connectivity index (χ0v) is 13.6. The first-order valence-electron chi connectivity index (χ1n) is 6.49. The van der Waals surface area contributed by atoms with Gasteiger partial charge in [0.1, 0.15) is 4.60 Å². The van der Waals surface area contributed by atoms with Crippen LogP contribution < -0.4 is 4.74 Å². The van der Waals surface area contributed by atoms with Crippen LogP contribution in [0.4, 0.5) is 13.2 Å². The van der Waals surface area contributed by atoms with E-state index in [1.54, 1.807) is 0 Å².